The summed E-state index contributed by atoms with van der Waals surface area (Å²) in [5.74, 6) is 0.0168. The number of hydrogen-bond acceptors (Lipinski definition) is 4. The number of carbonyl (C=O) groups excluding carboxylic acids is 2. The molecular formula is C17H23N3O4. The minimum atomic E-state index is -0.662. The van der Waals surface area contributed by atoms with Gasteiger partial charge in [0.2, 0.25) is 5.91 Å². The number of hydrogen-bond donors (Lipinski definition) is 1. The zero-order chi connectivity index (χ0) is 17.7. The second kappa shape index (κ2) is 7.90. The summed E-state index contributed by atoms with van der Waals surface area (Å²) in [5.41, 5.74) is 0.0245. The van der Waals surface area contributed by atoms with Gasteiger partial charge in [0.25, 0.3) is 11.6 Å². The van der Waals surface area contributed by atoms with Crippen LogP contribution in [0.4, 0.5) is 5.69 Å². The van der Waals surface area contributed by atoms with Gasteiger partial charge in [-0.2, -0.15) is 0 Å². The highest BCUT2D eigenvalue weighted by atomic mass is 16.6. The van der Waals surface area contributed by atoms with Gasteiger partial charge < -0.3 is 10.2 Å². The van der Waals surface area contributed by atoms with Gasteiger partial charge in [0.05, 0.1) is 4.92 Å². The average molecular weight is 333 g/mol. The number of rotatable bonds is 4. The molecule has 1 saturated heterocycles. The third kappa shape index (κ3) is 4.53. The maximum Gasteiger partial charge on any atom is 0.270 e. The van der Waals surface area contributed by atoms with Gasteiger partial charge in [-0.3, -0.25) is 19.7 Å². The smallest absolute Gasteiger partial charge is 0.270 e. The van der Waals surface area contributed by atoms with Crippen molar-refractivity contribution < 1.29 is 14.5 Å². The van der Waals surface area contributed by atoms with E-state index >= 15 is 0 Å². The summed E-state index contributed by atoms with van der Waals surface area (Å²) in [6.45, 7) is 5.24. The van der Waals surface area contributed by atoms with Crippen LogP contribution in [-0.2, 0) is 4.79 Å². The number of nitro groups is 1. The molecule has 1 aromatic rings. The second-order valence-electron chi connectivity index (χ2n) is 6.36. The number of likely N-dealkylation sites (tertiary alicyclic amines) is 1. The van der Waals surface area contributed by atoms with Gasteiger partial charge in [0.15, 0.2) is 0 Å². The van der Waals surface area contributed by atoms with E-state index < -0.39 is 16.9 Å². The van der Waals surface area contributed by atoms with Crippen molar-refractivity contribution in [3.8, 4) is 0 Å². The summed E-state index contributed by atoms with van der Waals surface area (Å²) < 4.78 is 0. The van der Waals surface area contributed by atoms with Gasteiger partial charge >= 0.3 is 0 Å². The monoisotopic (exact) mass is 333 g/mol. The van der Waals surface area contributed by atoms with Crippen molar-refractivity contribution in [1.82, 2.24) is 10.2 Å². The highest BCUT2D eigenvalue weighted by molar-refractivity contribution is 5.97. The summed E-state index contributed by atoms with van der Waals surface area (Å²) in [5, 5.41) is 13.4. The molecule has 2 rings (SSSR count). The van der Waals surface area contributed by atoms with Gasteiger partial charge in [0.1, 0.15) is 6.04 Å². The fourth-order valence-corrected chi connectivity index (χ4v) is 2.86. The molecule has 0 aromatic heterocycles. The van der Waals surface area contributed by atoms with Crippen LogP contribution in [0, 0.1) is 16.0 Å². The molecule has 1 fully saturated rings. The van der Waals surface area contributed by atoms with Crippen LogP contribution in [0.15, 0.2) is 24.3 Å². The molecule has 0 saturated carbocycles. The van der Waals surface area contributed by atoms with Crippen LogP contribution in [0.1, 0.15) is 43.5 Å². The predicted octanol–water partition coefficient (Wildman–Crippen LogP) is 2.36. The molecule has 2 unspecified atom stereocenters. The first-order valence-electron chi connectivity index (χ1n) is 8.22. The lowest BCUT2D eigenvalue weighted by atomic mass is 10.0. The number of nitrogens with one attached hydrogen (secondary N) is 1. The van der Waals surface area contributed by atoms with Gasteiger partial charge in [-0.05, 0) is 38.2 Å². The Kier molecular flexibility index (Phi) is 5.89. The highest BCUT2D eigenvalue weighted by Crippen LogP contribution is 2.17. The normalized spacial score (nSPS) is 19.2. The van der Waals surface area contributed by atoms with Gasteiger partial charge in [-0.25, -0.2) is 0 Å². The molecule has 1 heterocycles. The van der Waals surface area contributed by atoms with Crippen LogP contribution >= 0.6 is 0 Å². The molecule has 0 radical (unpaired) electrons. The number of nitrogens with zero attached hydrogens (tertiary/aromatic N) is 2. The first kappa shape index (κ1) is 17.9. The minimum absolute atomic E-state index is 0.108. The van der Waals surface area contributed by atoms with E-state index in [1.165, 1.54) is 24.3 Å². The van der Waals surface area contributed by atoms with Gasteiger partial charge in [-0.15, -0.1) is 0 Å². The van der Waals surface area contributed by atoms with Crippen LogP contribution in [0.2, 0.25) is 0 Å². The Morgan fingerprint density at radius 1 is 1.33 bits per heavy atom. The average Bonchev–Trinajstić information content (AvgIpc) is 2.78. The molecular weight excluding hydrogens is 310 g/mol. The Balaban J connectivity index is 1.99. The Morgan fingerprint density at radius 3 is 2.79 bits per heavy atom. The topological polar surface area (TPSA) is 92.6 Å². The van der Waals surface area contributed by atoms with E-state index in [0.717, 1.165) is 19.3 Å². The van der Waals surface area contributed by atoms with E-state index in [4.69, 9.17) is 0 Å². The number of non-ortho nitro benzene ring substituents is 1. The largest absolute Gasteiger partial charge is 0.341 e. The fourth-order valence-electron chi connectivity index (χ4n) is 2.86. The molecule has 1 aliphatic rings. The second-order valence-corrected chi connectivity index (χ2v) is 6.36. The summed E-state index contributed by atoms with van der Waals surface area (Å²) in [6, 6.07) is 4.82. The number of benzene rings is 1. The lowest BCUT2D eigenvalue weighted by molar-refractivity contribution is -0.384. The van der Waals surface area contributed by atoms with Crippen molar-refractivity contribution in [3.63, 3.8) is 0 Å². The number of nitro benzene ring substituents is 1. The lowest BCUT2D eigenvalue weighted by Crippen LogP contribution is -2.47. The highest BCUT2D eigenvalue weighted by Gasteiger charge is 2.24. The van der Waals surface area contributed by atoms with Crippen LogP contribution in [0.3, 0.4) is 0 Å². The predicted molar refractivity (Wildman–Crippen MR) is 89.6 cm³/mol. The van der Waals surface area contributed by atoms with Crippen molar-refractivity contribution in [2.45, 2.75) is 39.2 Å². The fraction of sp³-hybridized carbons (Fsp3) is 0.529. The summed E-state index contributed by atoms with van der Waals surface area (Å²) in [6.07, 6.45) is 3.05. The maximum absolute atomic E-state index is 12.5. The Morgan fingerprint density at radius 2 is 2.08 bits per heavy atom. The van der Waals surface area contributed by atoms with Crippen molar-refractivity contribution in [2.75, 3.05) is 13.1 Å². The summed E-state index contributed by atoms with van der Waals surface area (Å²) in [7, 11) is 0. The quantitative estimate of drug-likeness (QED) is 0.676. The number of carbonyl (C=O) groups is 2. The molecule has 7 nitrogen and oxygen atoms in total. The van der Waals surface area contributed by atoms with E-state index in [1.54, 1.807) is 11.8 Å². The van der Waals surface area contributed by atoms with Crippen LogP contribution in [0.25, 0.3) is 0 Å². The zero-order valence-corrected chi connectivity index (χ0v) is 14.0. The van der Waals surface area contributed by atoms with Crippen molar-refractivity contribution >= 4 is 17.5 Å². The summed E-state index contributed by atoms with van der Waals surface area (Å²) >= 11 is 0. The molecule has 2 atom stereocenters. The third-order valence-electron chi connectivity index (χ3n) is 4.37. The molecule has 0 spiro atoms. The molecule has 130 valence electrons. The summed E-state index contributed by atoms with van der Waals surface area (Å²) in [4.78, 5) is 36.8. The van der Waals surface area contributed by atoms with Crippen LogP contribution < -0.4 is 5.32 Å². The van der Waals surface area contributed by atoms with E-state index in [-0.39, 0.29) is 17.2 Å². The molecule has 24 heavy (non-hydrogen) atoms. The van der Waals surface area contributed by atoms with Crippen LogP contribution in [-0.4, -0.2) is 40.8 Å². The molecule has 1 N–H and O–H groups in total. The van der Waals surface area contributed by atoms with E-state index in [2.05, 4.69) is 12.2 Å². The molecule has 0 bridgehead atoms. The zero-order valence-electron chi connectivity index (χ0n) is 14.0. The van der Waals surface area contributed by atoms with Crippen molar-refractivity contribution in [3.05, 3.63) is 39.9 Å². The minimum Gasteiger partial charge on any atom is -0.341 e. The van der Waals surface area contributed by atoms with E-state index in [9.17, 15) is 19.7 Å². The van der Waals surface area contributed by atoms with Crippen molar-refractivity contribution in [2.24, 2.45) is 5.92 Å². The molecule has 0 aliphatic carbocycles. The van der Waals surface area contributed by atoms with Gasteiger partial charge in [0, 0.05) is 30.8 Å². The Bertz CT molecular complexity index is 632. The molecule has 2 amide bonds. The lowest BCUT2D eigenvalue weighted by Gasteiger charge is -2.24. The SMILES string of the molecule is CC1CCCN(C(=O)C(C)NC(=O)c2cccc([N+](=O)[O-])c2)CC1. The van der Waals surface area contributed by atoms with E-state index in [0.29, 0.717) is 19.0 Å². The van der Waals surface area contributed by atoms with Crippen LogP contribution in [0.5, 0.6) is 0 Å². The number of amides is 2. The Labute approximate surface area is 141 Å². The maximum atomic E-state index is 12.5. The van der Waals surface area contributed by atoms with Gasteiger partial charge in [-0.1, -0.05) is 13.0 Å². The Hall–Kier alpha value is -2.44. The first-order chi connectivity index (χ1) is 11.4. The third-order valence-corrected chi connectivity index (χ3v) is 4.37. The van der Waals surface area contributed by atoms with E-state index in [1.807, 2.05) is 0 Å². The van der Waals surface area contributed by atoms with Crippen molar-refractivity contribution in [1.29, 1.82) is 0 Å². The molecule has 1 aliphatic heterocycles. The molecule has 1 aromatic carbocycles. The molecule has 7 heteroatoms. The first-order valence-corrected chi connectivity index (χ1v) is 8.22. The standard InChI is InChI=1S/C17H23N3O4/c1-12-5-4-9-19(10-8-12)17(22)13(2)18-16(21)14-6-3-7-15(11-14)20(23)24/h3,6-7,11-13H,4-5,8-10H2,1-2H3,(H,18,21).